The van der Waals surface area contributed by atoms with Gasteiger partial charge in [-0.05, 0) is 53.3 Å². The molecule has 14 nitrogen and oxygen atoms in total. The summed E-state index contributed by atoms with van der Waals surface area (Å²) in [6.07, 6.45) is 2.28. The fourth-order valence-electron chi connectivity index (χ4n) is 5.29. The van der Waals surface area contributed by atoms with Gasteiger partial charge in [-0.2, -0.15) is 0 Å². The minimum Gasteiger partial charge on any atom is -0.493 e. The highest BCUT2D eigenvalue weighted by atomic mass is 16.4. The summed E-state index contributed by atoms with van der Waals surface area (Å²) >= 11 is 0. The van der Waals surface area contributed by atoms with Crippen LogP contribution in [-0.2, 0) is 19.5 Å². The average Bonchev–Trinajstić information content (AvgIpc) is 3.61. The first kappa shape index (κ1) is 28.1. The Morgan fingerprint density at radius 2 is 1.77 bits per heavy atom. The molecule has 2 amide bonds. The van der Waals surface area contributed by atoms with Gasteiger partial charge in [-0.3, -0.25) is 19.2 Å². The van der Waals surface area contributed by atoms with Crippen LogP contribution in [-0.4, -0.2) is 42.4 Å². The van der Waals surface area contributed by atoms with E-state index in [2.05, 4.69) is 25.9 Å². The number of nitrogens with two attached hydrogens (primary N) is 1. The number of nitrogen functional groups attached to an aromatic ring is 1. The van der Waals surface area contributed by atoms with Gasteiger partial charge >= 0.3 is 5.97 Å². The first-order valence-corrected chi connectivity index (χ1v) is 13.5. The molecule has 0 fully saturated rings. The second-order valence-electron chi connectivity index (χ2n) is 10.4. The Morgan fingerprint density at radius 3 is 2.52 bits per heavy atom. The summed E-state index contributed by atoms with van der Waals surface area (Å²) in [6.45, 7) is 0.322. The molecule has 1 aliphatic carbocycles. The third-order valence-electron chi connectivity index (χ3n) is 7.56. The van der Waals surface area contributed by atoms with Crippen molar-refractivity contribution in [2.24, 2.45) is 0 Å². The van der Waals surface area contributed by atoms with Crippen molar-refractivity contribution in [1.82, 2.24) is 25.0 Å². The van der Waals surface area contributed by atoms with Crippen LogP contribution in [0, 0.1) is 0 Å². The van der Waals surface area contributed by atoms with Gasteiger partial charge in [0.25, 0.3) is 22.7 Å². The number of carboxylic acids is 1. The zero-order valence-corrected chi connectivity index (χ0v) is 23.0. The van der Waals surface area contributed by atoms with Gasteiger partial charge in [0.1, 0.15) is 22.8 Å². The molecule has 0 spiro atoms. The van der Waals surface area contributed by atoms with Gasteiger partial charge in [-0.1, -0.05) is 30.3 Å². The second kappa shape index (κ2) is 11.0. The molecule has 6 rings (SSSR count). The number of aromatic nitrogens is 3. The Hall–Kier alpha value is -6.05. The van der Waals surface area contributed by atoms with Crippen molar-refractivity contribution in [2.45, 2.75) is 32.0 Å². The highest BCUT2D eigenvalue weighted by Gasteiger charge is 2.27. The van der Waals surface area contributed by atoms with Crippen molar-refractivity contribution in [3.05, 3.63) is 114 Å². The number of aryl methyl sites for hydroxylation is 1. The highest BCUT2D eigenvalue weighted by molar-refractivity contribution is 5.98. The van der Waals surface area contributed by atoms with Crippen molar-refractivity contribution in [3.63, 3.8) is 0 Å². The van der Waals surface area contributed by atoms with Crippen LogP contribution in [0.3, 0.4) is 0 Å². The van der Waals surface area contributed by atoms with E-state index < -0.39 is 28.6 Å². The standard InChI is InChI=1S/C30H25N7O7/c31-23-24(26(40)25(23)39)32-11-14-2-1-3-15(8-14)12-33-28(42)21-10-20(36-30-34-13-22(38)37(21)30)27(41)35-19-7-5-16-9-17(29(43)44)4-6-18(16)19/h1-4,6,8-10,13,19,32,38H,5,7,11-12,31H2,(H,33,42)(H,35,41)(H,43,44)/t19-/m0/s1. The van der Waals surface area contributed by atoms with E-state index in [0.29, 0.717) is 12.8 Å². The predicted molar refractivity (Wildman–Crippen MR) is 157 cm³/mol. The highest BCUT2D eigenvalue weighted by Crippen LogP contribution is 2.32. The van der Waals surface area contributed by atoms with Crippen LogP contribution in [0.1, 0.15) is 66.1 Å². The van der Waals surface area contributed by atoms with Gasteiger partial charge in [0.15, 0.2) is 0 Å². The molecular formula is C30H25N7O7. The SMILES string of the molecule is Nc1c(NCc2cccc(CNC(=O)c3cc(C(=O)N[C@H]4CCc5cc(C(=O)O)ccc54)nc4ncc(O)n34)c2)c(=O)c1=O. The largest absolute Gasteiger partial charge is 0.493 e. The number of benzene rings is 2. The average molecular weight is 596 g/mol. The van der Waals surface area contributed by atoms with E-state index in [9.17, 15) is 34.2 Å². The number of imidazole rings is 1. The van der Waals surface area contributed by atoms with Crippen molar-refractivity contribution in [1.29, 1.82) is 0 Å². The van der Waals surface area contributed by atoms with Crippen molar-refractivity contribution >= 4 is 34.9 Å². The third-order valence-corrected chi connectivity index (χ3v) is 7.56. The number of carbonyl (C=O) groups excluding carboxylic acids is 2. The molecule has 0 bridgehead atoms. The van der Waals surface area contributed by atoms with E-state index in [1.807, 2.05) is 0 Å². The Labute approximate surface area is 247 Å². The molecule has 44 heavy (non-hydrogen) atoms. The second-order valence-corrected chi connectivity index (χ2v) is 10.4. The molecule has 222 valence electrons. The fraction of sp³-hybridized carbons (Fsp3) is 0.167. The molecule has 0 radical (unpaired) electrons. The summed E-state index contributed by atoms with van der Waals surface area (Å²) in [5.41, 5.74) is 7.34. The maximum absolute atomic E-state index is 13.3. The molecular weight excluding hydrogens is 570 g/mol. The van der Waals surface area contributed by atoms with Gasteiger partial charge < -0.3 is 31.9 Å². The molecule has 0 saturated heterocycles. The van der Waals surface area contributed by atoms with Gasteiger partial charge in [-0.25, -0.2) is 19.2 Å². The zero-order valence-electron chi connectivity index (χ0n) is 23.0. The number of amides is 2. The first-order valence-electron chi connectivity index (χ1n) is 13.5. The number of fused-ring (bicyclic) bond motifs is 2. The molecule has 3 aromatic carbocycles. The van der Waals surface area contributed by atoms with E-state index in [-0.39, 0.29) is 59.1 Å². The lowest BCUT2D eigenvalue weighted by Gasteiger charge is -2.15. The summed E-state index contributed by atoms with van der Waals surface area (Å²) in [5, 5.41) is 28.1. The molecule has 14 heteroatoms. The van der Waals surface area contributed by atoms with E-state index in [0.717, 1.165) is 32.9 Å². The molecule has 5 aromatic rings. The number of anilines is 2. The summed E-state index contributed by atoms with van der Waals surface area (Å²) in [6, 6.07) is 12.8. The lowest BCUT2D eigenvalue weighted by molar-refractivity contribution is 0.0696. The molecule has 0 aliphatic heterocycles. The van der Waals surface area contributed by atoms with Crippen LogP contribution in [0.2, 0.25) is 0 Å². The minimum absolute atomic E-state index is 0.0519. The van der Waals surface area contributed by atoms with Crippen LogP contribution < -0.4 is 32.5 Å². The molecule has 2 aromatic heterocycles. The molecule has 2 heterocycles. The Bertz CT molecular complexity index is 2060. The maximum atomic E-state index is 13.3. The Kier molecular flexibility index (Phi) is 7.01. The Morgan fingerprint density at radius 1 is 1.00 bits per heavy atom. The fourth-order valence-corrected chi connectivity index (χ4v) is 5.29. The van der Waals surface area contributed by atoms with E-state index >= 15 is 0 Å². The van der Waals surface area contributed by atoms with Gasteiger partial charge in [0, 0.05) is 13.1 Å². The van der Waals surface area contributed by atoms with Gasteiger partial charge in [0.05, 0.1) is 17.8 Å². The topological polar surface area (TPSA) is 218 Å². The quantitative estimate of drug-likeness (QED) is 0.133. The lowest BCUT2D eigenvalue weighted by atomic mass is 10.0. The number of carboxylic acid groups (broad SMARTS) is 1. The van der Waals surface area contributed by atoms with Crippen LogP contribution in [0.4, 0.5) is 11.4 Å². The van der Waals surface area contributed by atoms with Gasteiger partial charge in [-0.15, -0.1) is 0 Å². The van der Waals surface area contributed by atoms with Crippen LogP contribution >= 0.6 is 0 Å². The molecule has 7 N–H and O–H groups in total. The number of aromatic hydroxyl groups is 1. The monoisotopic (exact) mass is 595 g/mol. The number of hydrogen-bond acceptors (Lipinski definition) is 10. The third kappa shape index (κ3) is 5.08. The summed E-state index contributed by atoms with van der Waals surface area (Å²) in [5.74, 6) is -2.59. The van der Waals surface area contributed by atoms with E-state index in [4.69, 9.17) is 5.73 Å². The first-order chi connectivity index (χ1) is 21.1. The number of aromatic carboxylic acids is 1. The van der Waals surface area contributed by atoms with Crippen molar-refractivity contribution in [2.75, 3.05) is 11.1 Å². The number of hydrogen-bond donors (Lipinski definition) is 6. The predicted octanol–water partition coefficient (Wildman–Crippen LogP) is 1.27. The lowest BCUT2D eigenvalue weighted by Crippen LogP contribution is -2.36. The maximum Gasteiger partial charge on any atom is 0.335 e. The number of rotatable bonds is 9. The normalized spacial score (nSPS) is 14.0. The zero-order chi connectivity index (χ0) is 31.1. The molecule has 0 saturated carbocycles. The number of nitrogens with zero attached hydrogens (tertiary/aromatic N) is 3. The smallest absolute Gasteiger partial charge is 0.335 e. The molecule has 0 unspecified atom stereocenters. The van der Waals surface area contributed by atoms with Crippen LogP contribution in [0.5, 0.6) is 5.88 Å². The van der Waals surface area contributed by atoms with Gasteiger partial charge in [0.2, 0.25) is 11.7 Å². The van der Waals surface area contributed by atoms with E-state index in [1.54, 1.807) is 36.4 Å². The molecule has 1 atom stereocenters. The number of carbonyl (C=O) groups is 3. The summed E-state index contributed by atoms with van der Waals surface area (Å²) < 4.78 is 1.12. The van der Waals surface area contributed by atoms with Crippen molar-refractivity contribution < 1.29 is 24.6 Å². The van der Waals surface area contributed by atoms with Crippen molar-refractivity contribution in [3.8, 4) is 5.88 Å². The van der Waals surface area contributed by atoms with Crippen LogP contribution in [0.15, 0.2) is 64.3 Å². The summed E-state index contributed by atoms with van der Waals surface area (Å²) in [4.78, 5) is 69.1. The Balaban J connectivity index is 1.17. The molecule has 1 aliphatic rings. The minimum atomic E-state index is -1.03. The summed E-state index contributed by atoms with van der Waals surface area (Å²) in [7, 11) is 0. The van der Waals surface area contributed by atoms with E-state index in [1.165, 1.54) is 12.1 Å². The van der Waals surface area contributed by atoms with Crippen LogP contribution in [0.25, 0.3) is 5.78 Å². The number of nitrogens with one attached hydrogen (secondary N) is 3.